The monoisotopic (exact) mass is 355 g/mol. The van der Waals surface area contributed by atoms with Gasteiger partial charge in [0.2, 0.25) is 0 Å². The number of carbonyl (C=O) groups is 1. The highest BCUT2D eigenvalue weighted by atomic mass is 16.5. The van der Waals surface area contributed by atoms with Crippen LogP contribution in [0.5, 0.6) is 0 Å². The van der Waals surface area contributed by atoms with Gasteiger partial charge in [-0.05, 0) is 51.2 Å². The molecule has 0 saturated carbocycles. The van der Waals surface area contributed by atoms with E-state index in [1.54, 1.807) is 0 Å². The van der Waals surface area contributed by atoms with E-state index in [4.69, 9.17) is 9.47 Å². The van der Waals surface area contributed by atoms with Crippen LogP contribution in [0.4, 0.5) is 0 Å². The number of ether oxygens (including phenoxy) is 2. The molecule has 0 unspecified atom stereocenters. The van der Waals surface area contributed by atoms with Crippen LogP contribution in [0.2, 0.25) is 0 Å². The maximum absolute atomic E-state index is 13.5. The molecular formula is C22H29NO3. The summed E-state index contributed by atoms with van der Waals surface area (Å²) in [6.07, 6.45) is 6.28. The molecule has 26 heavy (non-hydrogen) atoms. The van der Waals surface area contributed by atoms with Gasteiger partial charge < -0.3 is 14.4 Å². The molecule has 0 spiro atoms. The van der Waals surface area contributed by atoms with Crippen LogP contribution in [0.15, 0.2) is 29.8 Å². The van der Waals surface area contributed by atoms with E-state index in [0.29, 0.717) is 6.61 Å². The van der Waals surface area contributed by atoms with Crippen LogP contribution in [0.3, 0.4) is 0 Å². The van der Waals surface area contributed by atoms with Crippen LogP contribution < -0.4 is 0 Å². The summed E-state index contributed by atoms with van der Waals surface area (Å²) in [6, 6.07) is 6.42. The van der Waals surface area contributed by atoms with E-state index in [1.807, 2.05) is 13.0 Å². The van der Waals surface area contributed by atoms with Crippen molar-refractivity contribution in [3.8, 4) is 0 Å². The number of piperidine rings is 1. The normalized spacial score (nSPS) is 29.1. The summed E-state index contributed by atoms with van der Waals surface area (Å²) in [5.41, 5.74) is 4.49. The lowest BCUT2D eigenvalue weighted by Crippen LogP contribution is -2.59. The van der Waals surface area contributed by atoms with E-state index < -0.39 is 0 Å². The van der Waals surface area contributed by atoms with Gasteiger partial charge in [-0.15, -0.1) is 0 Å². The van der Waals surface area contributed by atoms with Crippen molar-refractivity contribution in [2.24, 2.45) is 5.41 Å². The molecule has 4 nitrogen and oxygen atoms in total. The quantitative estimate of drug-likeness (QED) is 0.760. The molecule has 2 fully saturated rings. The van der Waals surface area contributed by atoms with Crippen molar-refractivity contribution in [1.29, 1.82) is 0 Å². The zero-order valence-corrected chi connectivity index (χ0v) is 15.9. The summed E-state index contributed by atoms with van der Waals surface area (Å²) in [6.45, 7) is 7.89. The number of rotatable bonds is 2. The number of hydrogen-bond donors (Lipinski definition) is 0. The third kappa shape index (κ3) is 2.99. The minimum absolute atomic E-state index is 0.0202. The summed E-state index contributed by atoms with van der Waals surface area (Å²) >= 11 is 0. The topological polar surface area (TPSA) is 38.8 Å². The molecule has 0 bridgehead atoms. The number of hydrogen-bond acceptors (Lipinski definition) is 3. The highest BCUT2D eigenvalue weighted by Gasteiger charge is 2.50. The van der Waals surface area contributed by atoms with E-state index in [0.717, 1.165) is 68.7 Å². The molecular weight excluding hydrogens is 326 g/mol. The Morgan fingerprint density at radius 1 is 1.23 bits per heavy atom. The number of likely N-dealkylation sites (tertiary alicyclic amines) is 1. The second-order valence-corrected chi connectivity index (χ2v) is 7.99. The first-order valence-corrected chi connectivity index (χ1v) is 9.85. The largest absolute Gasteiger partial charge is 0.380 e. The van der Waals surface area contributed by atoms with Crippen LogP contribution in [0, 0.1) is 19.3 Å². The number of nitrogens with zero attached hydrogens (tertiary/aromatic N) is 1. The molecule has 0 N–H and O–H groups in total. The standard InChI is InChI=1S/C22H29NO3/c1-16-4-5-17(2)19(14-16)21(24)23-10-3-9-22(15-26-13-8-20(22)23)18-6-11-25-12-7-18/h4-6,14,20H,3,7-13,15H2,1-2H3/t20-,22-/m0/s1. The first-order chi connectivity index (χ1) is 12.6. The minimum Gasteiger partial charge on any atom is -0.380 e. The van der Waals surface area contributed by atoms with Gasteiger partial charge in [-0.3, -0.25) is 4.79 Å². The number of carbonyl (C=O) groups excluding carboxylic acids is 1. The predicted molar refractivity (Wildman–Crippen MR) is 101 cm³/mol. The second kappa shape index (κ2) is 7.16. The summed E-state index contributed by atoms with van der Waals surface area (Å²) in [5, 5.41) is 0. The van der Waals surface area contributed by atoms with Crippen molar-refractivity contribution in [3.05, 3.63) is 46.5 Å². The van der Waals surface area contributed by atoms with Crippen molar-refractivity contribution < 1.29 is 14.3 Å². The Hall–Kier alpha value is -1.65. The molecule has 0 radical (unpaired) electrons. The van der Waals surface area contributed by atoms with Crippen molar-refractivity contribution in [1.82, 2.24) is 4.90 Å². The third-order valence-corrected chi connectivity index (χ3v) is 6.42. The van der Waals surface area contributed by atoms with Crippen molar-refractivity contribution >= 4 is 5.91 Å². The maximum atomic E-state index is 13.5. The molecule has 3 heterocycles. The van der Waals surface area contributed by atoms with Crippen molar-refractivity contribution in [3.63, 3.8) is 0 Å². The SMILES string of the molecule is Cc1ccc(C)c(C(=O)N2CCC[C@@]3(C4=CCOCC4)COCC[C@H]23)c1. The molecule has 0 aliphatic carbocycles. The highest BCUT2D eigenvalue weighted by Crippen LogP contribution is 2.48. The predicted octanol–water partition coefficient (Wildman–Crippen LogP) is 3.66. The van der Waals surface area contributed by atoms with Gasteiger partial charge in [0, 0.05) is 30.2 Å². The third-order valence-electron chi connectivity index (χ3n) is 6.42. The Kier molecular flexibility index (Phi) is 4.89. The van der Waals surface area contributed by atoms with Crippen LogP contribution in [-0.2, 0) is 9.47 Å². The molecule has 3 aliphatic heterocycles. The van der Waals surface area contributed by atoms with Gasteiger partial charge in [0.05, 0.1) is 19.8 Å². The van der Waals surface area contributed by atoms with E-state index in [9.17, 15) is 4.79 Å². The van der Waals surface area contributed by atoms with Gasteiger partial charge in [-0.1, -0.05) is 29.3 Å². The first-order valence-electron chi connectivity index (χ1n) is 9.85. The summed E-state index contributed by atoms with van der Waals surface area (Å²) in [5.74, 6) is 0.190. The summed E-state index contributed by atoms with van der Waals surface area (Å²) in [4.78, 5) is 15.7. The Balaban J connectivity index is 1.69. The van der Waals surface area contributed by atoms with Crippen molar-refractivity contribution in [2.45, 2.75) is 45.6 Å². The zero-order valence-electron chi connectivity index (χ0n) is 15.9. The van der Waals surface area contributed by atoms with E-state index in [2.05, 4.69) is 30.0 Å². The number of fused-ring (bicyclic) bond motifs is 1. The first kappa shape index (κ1) is 17.7. The average molecular weight is 355 g/mol. The lowest BCUT2D eigenvalue weighted by Gasteiger charge is -2.54. The fourth-order valence-electron chi connectivity index (χ4n) is 5.05. The van der Waals surface area contributed by atoms with Gasteiger partial charge in [0.1, 0.15) is 0 Å². The van der Waals surface area contributed by atoms with Crippen LogP contribution in [0.25, 0.3) is 0 Å². The van der Waals surface area contributed by atoms with Gasteiger partial charge in [0.25, 0.3) is 5.91 Å². The van der Waals surface area contributed by atoms with Gasteiger partial charge in [-0.25, -0.2) is 0 Å². The van der Waals surface area contributed by atoms with E-state index >= 15 is 0 Å². The van der Waals surface area contributed by atoms with Gasteiger partial charge in [-0.2, -0.15) is 0 Å². The number of aryl methyl sites for hydroxylation is 2. The van der Waals surface area contributed by atoms with E-state index in [1.165, 1.54) is 5.57 Å². The fraction of sp³-hybridized carbons (Fsp3) is 0.591. The Labute approximate surface area is 156 Å². The maximum Gasteiger partial charge on any atom is 0.254 e. The van der Waals surface area contributed by atoms with Crippen LogP contribution in [0.1, 0.15) is 47.2 Å². The Bertz CT molecular complexity index is 722. The molecule has 0 aromatic heterocycles. The molecule has 140 valence electrons. The number of benzene rings is 1. The lowest BCUT2D eigenvalue weighted by atomic mass is 9.65. The molecule has 1 amide bonds. The lowest BCUT2D eigenvalue weighted by molar-refractivity contribution is -0.0739. The molecule has 2 saturated heterocycles. The van der Waals surface area contributed by atoms with E-state index in [-0.39, 0.29) is 17.4 Å². The Morgan fingerprint density at radius 2 is 2.12 bits per heavy atom. The Morgan fingerprint density at radius 3 is 2.92 bits per heavy atom. The summed E-state index contributed by atoms with van der Waals surface area (Å²) < 4.78 is 11.5. The smallest absolute Gasteiger partial charge is 0.254 e. The molecule has 1 aromatic rings. The second-order valence-electron chi connectivity index (χ2n) is 7.99. The summed E-state index contributed by atoms with van der Waals surface area (Å²) in [7, 11) is 0. The van der Waals surface area contributed by atoms with Gasteiger partial charge >= 0.3 is 0 Å². The molecule has 4 heteroatoms. The van der Waals surface area contributed by atoms with Crippen LogP contribution >= 0.6 is 0 Å². The number of amides is 1. The fourth-order valence-corrected chi connectivity index (χ4v) is 5.05. The molecule has 3 aliphatic rings. The van der Waals surface area contributed by atoms with Crippen molar-refractivity contribution in [2.75, 3.05) is 33.0 Å². The van der Waals surface area contributed by atoms with Gasteiger partial charge in [0.15, 0.2) is 0 Å². The van der Waals surface area contributed by atoms with Crippen LogP contribution in [-0.4, -0.2) is 49.8 Å². The molecule has 1 aromatic carbocycles. The molecule has 4 rings (SSSR count). The minimum atomic E-state index is -0.0202. The average Bonchev–Trinajstić information content (AvgIpc) is 2.69. The highest BCUT2D eigenvalue weighted by molar-refractivity contribution is 5.96. The zero-order chi connectivity index (χ0) is 18.1. The molecule has 2 atom stereocenters.